The molecular formula is C20H12F2N4O6. The van der Waals surface area contributed by atoms with Crippen molar-refractivity contribution in [3.63, 3.8) is 0 Å². The van der Waals surface area contributed by atoms with Crippen molar-refractivity contribution < 1.29 is 28.2 Å². The van der Waals surface area contributed by atoms with Crippen LogP contribution in [-0.2, 0) is 0 Å². The molecular weight excluding hydrogens is 430 g/mol. The minimum absolute atomic E-state index is 0.0944. The van der Waals surface area contributed by atoms with Crippen LogP contribution in [0.1, 0.15) is 20.7 Å². The summed E-state index contributed by atoms with van der Waals surface area (Å²) in [6.07, 6.45) is 0. The number of nitro benzene ring substituents is 2. The van der Waals surface area contributed by atoms with E-state index in [0.29, 0.717) is 0 Å². The van der Waals surface area contributed by atoms with Gasteiger partial charge in [0.2, 0.25) is 0 Å². The van der Waals surface area contributed by atoms with Crippen LogP contribution in [0.15, 0.2) is 60.7 Å². The maximum absolute atomic E-state index is 13.9. The topological polar surface area (TPSA) is 144 Å². The molecule has 3 aromatic rings. The lowest BCUT2D eigenvalue weighted by molar-refractivity contribution is -0.385. The second-order valence-electron chi connectivity index (χ2n) is 6.33. The average molecular weight is 442 g/mol. The maximum atomic E-state index is 13.9. The molecule has 0 unspecified atom stereocenters. The second-order valence-corrected chi connectivity index (χ2v) is 6.33. The van der Waals surface area contributed by atoms with E-state index in [4.69, 9.17) is 0 Å². The SMILES string of the molecule is O=C(Nc1cc([N+](=O)[O-])ccc1F)c1cccc(C(=O)Nc2cc([N+](=O)[O-])ccc2F)c1. The van der Waals surface area contributed by atoms with Crippen LogP contribution in [0.5, 0.6) is 0 Å². The highest BCUT2D eigenvalue weighted by Crippen LogP contribution is 2.23. The molecule has 0 radical (unpaired) electrons. The smallest absolute Gasteiger partial charge is 0.271 e. The predicted octanol–water partition coefficient (Wildman–Crippen LogP) is 4.29. The molecule has 0 atom stereocenters. The first-order valence-corrected chi connectivity index (χ1v) is 8.76. The molecule has 2 N–H and O–H groups in total. The first-order valence-electron chi connectivity index (χ1n) is 8.76. The lowest BCUT2D eigenvalue weighted by atomic mass is 10.1. The van der Waals surface area contributed by atoms with Crippen LogP contribution < -0.4 is 10.6 Å². The molecule has 0 heterocycles. The molecule has 162 valence electrons. The first-order chi connectivity index (χ1) is 15.2. The van der Waals surface area contributed by atoms with E-state index in [1.165, 1.54) is 18.2 Å². The summed E-state index contributed by atoms with van der Waals surface area (Å²) < 4.78 is 27.8. The third-order valence-corrected chi connectivity index (χ3v) is 4.20. The van der Waals surface area contributed by atoms with Gasteiger partial charge in [-0.25, -0.2) is 8.78 Å². The fourth-order valence-corrected chi connectivity index (χ4v) is 2.64. The molecule has 0 bridgehead atoms. The van der Waals surface area contributed by atoms with Crippen LogP contribution in [0, 0.1) is 31.9 Å². The highest BCUT2D eigenvalue weighted by Gasteiger charge is 2.17. The maximum Gasteiger partial charge on any atom is 0.271 e. The van der Waals surface area contributed by atoms with Crippen LogP contribution in [0.3, 0.4) is 0 Å². The number of hydrogen-bond donors (Lipinski definition) is 2. The number of halogens is 2. The first kappa shape index (κ1) is 22.0. The Hall–Kier alpha value is -4.74. The lowest BCUT2D eigenvalue weighted by Crippen LogP contribution is -2.16. The Morgan fingerprint density at radius 3 is 1.47 bits per heavy atom. The molecule has 0 aliphatic carbocycles. The molecule has 32 heavy (non-hydrogen) atoms. The summed E-state index contributed by atoms with van der Waals surface area (Å²) in [6.45, 7) is 0. The van der Waals surface area contributed by atoms with Gasteiger partial charge in [0.1, 0.15) is 11.6 Å². The van der Waals surface area contributed by atoms with Gasteiger partial charge in [-0.1, -0.05) is 6.07 Å². The molecule has 3 rings (SSSR count). The zero-order valence-corrected chi connectivity index (χ0v) is 15.9. The number of nitro groups is 2. The molecule has 0 saturated carbocycles. The van der Waals surface area contributed by atoms with E-state index < -0.39 is 56.0 Å². The van der Waals surface area contributed by atoms with Gasteiger partial charge in [-0.05, 0) is 30.3 Å². The summed E-state index contributed by atoms with van der Waals surface area (Å²) in [5.74, 6) is -3.53. The van der Waals surface area contributed by atoms with Gasteiger partial charge in [0, 0.05) is 35.4 Å². The number of benzene rings is 3. The molecule has 10 nitrogen and oxygen atoms in total. The molecule has 0 spiro atoms. The monoisotopic (exact) mass is 442 g/mol. The average Bonchev–Trinajstić information content (AvgIpc) is 2.76. The molecule has 2 amide bonds. The molecule has 12 heteroatoms. The third kappa shape index (κ3) is 4.87. The van der Waals surface area contributed by atoms with E-state index in [1.54, 1.807) is 0 Å². The largest absolute Gasteiger partial charge is 0.319 e. The van der Waals surface area contributed by atoms with Gasteiger partial charge >= 0.3 is 0 Å². The number of hydrogen-bond acceptors (Lipinski definition) is 6. The van der Waals surface area contributed by atoms with Gasteiger partial charge in [-0.2, -0.15) is 0 Å². The Labute approximate surface area is 177 Å². The quantitative estimate of drug-likeness (QED) is 0.430. The van der Waals surface area contributed by atoms with Crippen molar-refractivity contribution in [2.45, 2.75) is 0 Å². The van der Waals surface area contributed by atoms with Crippen molar-refractivity contribution in [3.8, 4) is 0 Å². The Balaban J connectivity index is 1.81. The van der Waals surface area contributed by atoms with Crippen LogP contribution >= 0.6 is 0 Å². The lowest BCUT2D eigenvalue weighted by Gasteiger charge is -2.09. The number of carbonyl (C=O) groups is 2. The van der Waals surface area contributed by atoms with Gasteiger partial charge in [0.25, 0.3) is 23.2 Å². The molecule has 3 aromatic carbocycles. The fourth-order valence-electron chi connectivity index (χ4n) is 2.64. The zero-order chi connectivity index (χ0) is 23.4. The number of anilines is 2. The van der Waals surface area contributed by atoms with E-state index in [2.05, 4.69) is 10.6 Å². The summed E-state index contributed by atoms with van der Waals surface area (Å²) in [5, 5.41) is 26.0. The highest BCUT2D eigenvalue weighted by molar-refractivity contribution is 6.09. The van der Waals surface area contributed by atoms with Crippen molar-refractivity contribution in [1.82, 2.24) is 0 Å². The van der Waals surface area contributed by atoms with E-state index in [9.17, 15) is 38.6 Å². The van der Waals surface area contributed by atoms with Gasteiger partial charge in [0.15, 0.2) is 0 Å². The van der Waals surface area contributed by atoms with Crippen molar-refractivity contribution in [2.75, 3.05) is 10.6 Å². The summed E-state index contributed by atoms with van der Waals surface area (Å²) in [4.78, 5) is 45.0. The second kappa shape index (κ2) is 8.95. The van der Waals surface area contributed by atoms with Crippen molar-refractivity contribution in [3.05, 3.63) is 104 Å². The van der Waals surface area contributed by atoms with Crippen LogP contribution in [0.2, 0.25) is 0 Å². The number of nitrogens with zero attached hydrogens (tertiary/aromatic N) is 2. The number of non-ortho nitro benzene ring substituents is 2. The van der Waals surface area contributed by atoms with E-state index in [1.807, 2.05) is 0 Å². The van der Waals surface area contributed by atoms with Crippen molar-refractivity contribution in [2.24, 2.45) is 0 Å². The minimum Gasteiger partial charge on any atom is -0.319 e. The number of amides is 2. The summed E-state index contributed by atoms with van der Waals surface area (Å²) >= 11 is 0. The van der Waals surface area contributed by atoms with Crippen molar-refractivity contribution >= 4 is 34.6 Å². The zero-order valence-electron chi connectivity index (χ0n) is 15.9. The van der Waals surface area contributed by atoms with Gasteiger partial charge in [-0.15, -0.1) is 0 Å². The predicted molar refractivity (Wildman–Crippen MR) is 108 cm³/mol. The van der Waals surface area contributed by atoms with Crippen molar-refractivity contribution in [1.29, 1.82) is 0 Å². The third-order valence-electron chi connectivity index (χ3n) is 4.20. The standard InChI is InChI=1S/C20H12F2N4O6/c21-15-6-4-13(25(29)30)9-17(15)23-19(27)11-2-1-3-12(8-11)20(28)24-18-10-14(26(31)32)5-7-16(18)22/h1-10H,(H,23,27)(H,24,28). The Morgan fingerprint density at radius 1 is 0.688 bits per heavy atom. The van der Waals surface area contributed by atoms with Gasteiger partial charge in [0.05, 0.1) is 21.2 Å². The summed E-state index contributed by atoms with van der Waals surface area (Å²) in [6, 6.07) is 10.3. The molecule has 0 aromatic heterocycles. The van der Waals surface area contributed by atoms with Crippen LogP contribution in [0.25, 0.3) is 0 Å². The molecule has 0 fully saturated rings. The van der Waals surface area contributed by atoms with Gasteiger partial charge in [-0.3, -0.25) is 29.8 Å². The summed E-state index contributed by atoms with van der Waals surface area (Å²) in [5.41, 5.74) is -1.93. The van der Waals surface area contributed by atoms with Crippen LogP contribution in [0.4, 0.5) is 31.5 Å². The minimum atomic E-state index is -0.904. The summed E-state index contributed by atoms with van der Waals surface area (Å²) in [7, 11) is 0. The van der Waals surface area contributed by atoms with E-state index >= 15 is 0 Å². The number of nitrogens with one attached hydrogen (secondary N) is 2. The van der Waals surface area contributed by atoms with Gasteiger partial charge < -0.3 is 10.6 Å². The van der Waals surface area contributed by atoms with Crippen LogP contribution in [-0.4, -0.2) is 21.7 Å². The molecule has 0 saturated heterocycles. The molecule has 0 aliphatic heterocycles. The Kier molecular flexibility index (Phi) is 6.14. The van der Waals surface area contributed by atoms with E-state index in [0.717, 1.165) is 42.5 Å². The normalized spacial score (nSPS) is 10.3. The Bertz CT molecular complexity index is 1170. The highest BCUT2D eigenvalue weighted by atomic mass is 19.1. The fraction of sp³-hybridized carbons (Fsp3) is 0. The van der Waals surface area contributed by atoms with E-state index in [-0.39, 0.29) is 11.1 Å². The number of rotatable bonds is 6. The molecule has 0 aliphatic rings. The number of carbonyl (C=O) groups excluding carboxylic acids is 2. The Morgan fingerprint density at radius 2 is 1.09 bits per heavy atom.